The van der Waals surface area contributed by atoms with E-state index in [1.165, 1.54) is 30.7 Å². The number of sulfonamides is 1. The van der Waals surface area contributed by atoms with Crippen LogP contribution >= 0.6 is 0 Å². The van der Waals surface area contributed by atoms with Gasteiger partial charge in [0.2, 0.25) is 10.0 Å². The molecule has 0 unspecified atom stereocenters. The van der Waals surface area contributed by atoms with Crippen molar-refractivity contribution in [2.24, 2.45) is 0 Å². The van der Waals surface area contributed by atoms with Gasteiger partial charge in [0.15, 0.2) is 9.84 Å². The Kier molecular flexibility index (Phi) is 5.77. The van der Waals surface area contributed by atoms with E-state index in [-0.39, 0.29) is 28.7 Å². The van der Waals surface area contributed by atoms with E-state index < -0.39 is 25.9 Å². The van der Waals surface area contributed by atoms with Gasteiger partial charge in [-0.05, 0) is 25.0 Å². The molecule has 1 fully saturated rings. The van der Waals surface area contributed by atoms with Crippen molar-refractivity contribution in [3.63, 3.8) is 0 Å². The van der Waals surface area contributed by atoms with Crippen LogP contribution < -0.4 is 9.47 Å². The molecule has 136 valence electrons. The summed E-state index contributed by atoms with van der Waals surface area (Å²) >= 11 is 0. The number of methoxy groups -OCH3 is 2. The van der Waals surface area contributed by atoms with Gasteiger partial charge in [0.25, 0.3) is 0 Å². The van der Waals surface area contributed by atoms with Crippen LogP contribution in [0.2, 0.25) is 0 Å². The van der Waals surface area contributed by atoms with Crippen molar-refractivity contribution >= 4 is 19.9 Å². The fraction of sp³-hybridized carbons (Fsp3) is 0.600. The van der Waals surface area contributed by atoms with Crippen LogP contribution in [0.1, 0.15) is 19.8 Å². The topological polar surface area (TPSA) is 90.0 Å². The van der Waals surface area contributed by atoms with Crippen LogP contribution in [-0.4, -0.2) is 59.5 Å². The second-order valence-electron chi connectivity index (χ2n) is 5.69. The van der Waals surface area contributed by atoms with E-state index >= 15 is 0 Å². The third-order valence-electron chi connectivity index (χ3n) is 4.02. The van der Waals surface area contributed by atoms with Crippen molar-refractivity contribution in [2.75, 3.05) is 32.3 Å². The SMILES string of the molecule is CCCN([C@@H]1CCS(=O)(=O)C1)S(=O)(=O)c1cc(OC)ccc1OC. The Hall–Kier alpha value is -1.32. The maximum atomic E-state index is 13.2. The highest BCUT2D eigenvalue weighted by molar-refractivity contribution is 7.92. The van der Waals surface area contributed by atoms with E-state index in [1.807, 2.05) is 6.92 Å². The molecule has 1 aromatic rings. The Bertz CT molecular complexity index is 788. The van der Waals surface area contributed by atoms with Crippen LogP contribution in [0, 0.1) is 0 Å². The van der Waals surface area contributed by atoms with E-state index in [0.717, 1.165) is 0 Å². The number of hydrogen-bond acceptors (Lipinski definition) is 6. The molecule has 0 aromatic heterocycles. The van der Waals surface area contributed by atoms with Gasteiger partial charge in [-0.2, -0.15) is 4.31 Å². The second-order valence-corrected chi connectivity index (χ2v) is 9.78. The van der Waals surface area contributed by atoms with Gasteiger partial charge >= 0.3 is 0 Å². The zero-order valence-electron chi connectivity index (χ0n) is 14.1. The Morgan fingerprint density at radius 3 is 2.46 bits per heavy atom. The Morgan fingerprint density at radius 2 is 1.96 bits per heavy atom. The molecule has 1 aliphatic heterocycles. The normalized spacial score (nSPS) is 20.2. The first-order valence-electron chi connectivity index (χ1n) is 7.69. The van der Waals surface area contributed by atoms with Crippen molar-refractivity contribution in [3.8, 4) is 11.5 Å². The van der Waals surface area contributed by atoms with Gasteiger partial charge in [0.1, 0.15) is 16.4 Å². The molecule has 24 heavy (non-hydrogen) atoms. The van der Waals surface area contributed by atoms with Gasteiger partial charge in [-0.25, -0.2) is 16.8 Å². The summed E-state index contributed by atoms with van der Waals surface area (Å²) in [7, 11) is -4.26. The summed E-state index contributed by atoms with van der Waals surface area (Å²) in [6.07, 6.45) is 0.899. The lowest BCUT2D eigenvalue weighted by molar-refractivity contribution is 0.335. The van der Waals surface area contributed by atoms with Gasteiger partial charge in [0.05, 0.1) is 25.7 Å². The molecule has 1 saturated heterocycles. The molecule has 0 radical (unpaired) electrons. The Morgan fingerprint density at radius 1 is 1.25 bits per heavy atom. The zero-order chi connectivity index (χ0) is 18.0. The van der Waals surface area contributed by atoms with Gasteiger partial charge in [-0.15, -0.1) is 0 Å². The average molecular weight is 377 g/mol. The molecule has 0 bridgehead atoms. The molecule has 0 N–H and O–H groups in total. The van der Waals surface area contributed by atoms with Gasteiger partial charge in [-0.3, -0.25) is 0 Å². The highest BCUT2D eigenvalue weighted by atomic mass is 32.2. The van der Waals surface area contributed by atoms with Crippen molar-refractivity contribution in [1.82, 2.24) is 4.31 Å². The molecular weight excluding hydrogens is 354 g/mol. The maximum Gasteiger partial charge on any atom is 0.247 e. The van der Waals surface area contributed by atoms with Crippen LogP contribution in [0.25, 0.3) is 0 Å². The van der Waals surface area contributed by atoms with Crippen molar-refractivity contribution in [3.05, 3.63) is 18.2 Å². The van der Waals surface area contributed by atoms with Gasteiger partial charge in [0, 0.05) is 18.7 Å². The molecule has 1 aliphatic rings. The van der Waals surface area contributed by atoms with Crippen LogP contribution in [-0.2, 0) is 19.9 Å². The first-order valence-corrected chi connectivity index (χ1v) is 11.0. The van der Waals surface area contributed by atoms with Crippen molar-refractivity contribution in [1.29, 1.82) is 0 Å². The summed E-state index contributed by atoms with van der Waals surface area (Å²) in [5.74, 6) is 0.476. The molecule has 9 heteroatoms. The minimum absolute atomic E-state index is 0.0119. The lowest BCUT2D eigenvalue weighted by Gasteiger charge is -2.27. The zero-order valence-corrected chi connectivity index (χ0v) is 15.7. The summed E-state index contributed by atoms with van der Waals surface area (Å²) in [6.45, 7) is 2.11. The number of rotatable bonds is 7. The van der Waals surface area contributed by atoms with Gasteiger partial charge in [-0.1, -0.05) is 6.92 Å². The molecule has 1 atom stereocenters. The largest absolute Gasteiger partial charge is 0.497 e. The first kappa shape index (κ1) is 19.0. The monoisotopic (exact) mass is 377 g/mol. The molecule has 7 nitrogen and oxygen atoms in total. The summed E-state index contributed by atoms with van der Waals surface area (Å²) in [4.78, 5) is -0.0119. The average Bonchev–Trinajstić information content (AvgIpc) is 2.91. The fourth-order valence-electron chi connectivity index (χ4n) is 2.83. The predicted octanol–water partition coefficient (Wildman–Crippen LogP) is 1.29. The van der Waals surface area contributed by atoms with Crippen LogP contribution in [0.3, 0.4) is 0 Å². The van der Waals surface area contributed by atoms with Crippen molar-refractivity contribution < 1.29 is 26.3 Å². The number of ether oxygens (including phenoxy) is 2. The molecule has 0 spiro atoms. The fourth-order valence-corrected chi connectivity index (χ4v) is 6.58. The van der Waals surface area contributed by atoms with E-state index in [0.29, 0.717) is 18.6 Å². The quantitative estimate of drug-likeness (QED) is 0.711. The Labute approximate surface area is 143 Å². The standard InChI is InChI=1S/C15H23NO6S2/c1-4-8-16(12-7-9-23(17,18)11-12)24(19,20)15-10-13(21-2)5-6-14(15)22-3/h5-6,10,12H,4,7-9,11H2,1-3H3/t12-/m1/s1. The third kappa shape index (κ3) is 3.84. The molecule has 1 aromatic carbocycles. The highest BCUT2D eigenvalue weighted by Gasteiger charge is 2.39. The minimum Gasteiger partial charge on any atom is -0.497 e. The lowest BCUT2D eigenvalue weighted by atomic mass is 10.2. The predicted molar refractivity (Wildman–Crippen MR) is 90.8 cm³/mol. The summed E-state index contributed by atoms with van der Waals surface area (Å²) < 4.78 is 61.5. The minimum atomic E-state index is -3.91. The lowest BCUT2D eigenvalue weighted by Crippen LogP contribution is -2.41. The maximum absolute atomic E-state index is 13.2. The highest BCUT2D eigenvalue weighted by Crippen LogP contribution is 2.33. The Balaban J connectivity index is 2.49. The van der Waals surface area contributed by atoms with E-state index in [9.17, 15) is 16.8 Å². The number of benzene rings is 1. The number of nitrogens with zero attached hydrogens (tertiary/aromatic N) is 1. The molecule has 1 heterocycles. The summed E-state index contributed by atoms with van der Waals surface area (Å²) in [5, 5.41) is 0. The molecule has 0 aliphatic carbocycles. The molecule has 0 saturated carbocycles. The van der Waals surface area contributed by atoms with Gasteiger partial charge < -0.3 is 9.47 Å². The third-order valence-corrected chi connectivity index (χ3v) is 7.74. The smallest absolute Gasteiger partial charge is 0.247 e. The molecule has 0 amide bonds. The molecule has 2 rings (SSSR count). The summed E-state index contributed by atoms with van der Waals surface area (Å²) in [6, 6.07) is 4.00. The van der Waals surface area contributed by atoms with E-state index in [4.69, 9.17) is 9.47 Å². The van der Waals surface area contributed by atoms with Crippen molar-refractivity contribution in [2.45, 2.75) is 30.7 Å². The van der Waals surface area contributed by atoms with Crippen LogP contribution in [0.15, 0.2) is 23.1 Å². The summed E-state index contributed by atoms with van der Waals surface area (Å²) in [5.41, 5.74) is 0. The molecular formula is C15H23NO6S2. The first-order chi connectivity index (χ1) is 11.2. The van der Waals surface area contributed by atoms with Crippen LogP contribution in [0.4, 0.5) is 0 Å². The van der Waals surface area contributed by atoms with E-state index in [1.54, 1.807) is 6.07 Å². The van der Waals surface area contributed by atoms with Crippen LogP contribution in [0.5, 0.6) is 11.5 Å². The number of sulfone groups is 1. The van der Waals surface area contributed by atoms with E-state index in [2.05, 4.69) is 0 Å². The number of hydrogen-bond donors (Lipinski definition) is 0. The second kappa shape index (κ2) is 7.28.